The lowest BCUT2D eigenvalue weighted by Gasteiger charge is -2.36. The number of aliphatic hydroxyl groups is 1. The minimum absolute atomic E-state index is 0.0290. The molecule has 0 bridgehead atoms. The number of likely N-dealkylation sites (tertiary alicyclic amines) is 1. The van der Waals surface area contributed by atoms with E-state index in [-0.39, 0.29) is 5.82 Å². The predicted octanol–water partition coefficient (Wildman–Crippen LogP) is 0.947. The molecule has 0 radical (unpaired) electrons. The molecule has 1 aromatic rings. The van der Waals surface area contributed by atoms with Gasteiger partial charge in [-0.15, -0.1) is 0 Å². The van der Waals surface area contributed by atoms with Crippen molar-refractivity contribution in [2.75, 3.05) is 19.6 Å². The van der Waals surface area contributed by atoms with E-state index in [4.69, 9.17) is 0 Å². The highest BCUT2D eigenvalue weighted by Crippen LogP contribution is 2.20. The number of hydrogen-bond donors (Lipinski definition) is 1. The Morgan fingerprint density at radius 2 is 2.32 bits per heavy atom. The van der Waals surface area contributed by atoms with Crippen molar-refractivity contribution >= 4 is 5.82 Å². The smallest absolute Gasteiger partial charge is 0.342 e. The van der Waals surface area contributed by atoms with Crippen LogP contribution < -0.4 is 0 Å². The van der Waals surface area contributed by atoms with Gasteiger partial charge in [0.2, 0.25) is 0 Å². The Morgan fingerprint density at radius 3 is 2.95 bits per heavy atom. The Balaban J connectivity index is 1.99. The van der Waals surface area contributed by atoms with Crippen molar-refractivity contribution < 1.29 is 10.0 Å². The normalized spacial score (nSPS) is 24.6. The monoisotopic (exact) mass is 268 g/mol. The summed E-state index contributed by atoms with van der Waals surface area (Å²) in [6.45, 7) is 6.36. The van der Waals surface area contributed by atoms with E-state index in [1.54, 1.807) is 11.5 Å². The topological polar surface area (TPSA) is 84.4 Å². The second-order valence-corrected chi connectivity index (χ2v) is 5.45. The van der Waals surface area contributed by atoms with Gasteiger partial charge in [-0.05, 0) is 31.2 Å². The van der Waals surface area contributed by atoms with Crippen LogP contribution in [0.3, 0.4) is 0 Å². The number of aryl methyl sites for hydroxylation is 1. The van der Waals surface area contributed by atoms with Crippen LogP contribution in [0.15, 0.2) is 6.20 Å². The summed E-state index contributed by atoms with van der Waals surface area (Å²) < 4.78 is 1.61. The summed E-state index contributed by atoms with van der Waals surface area (Å²) in [6.07, 6.45) is 3.06. The van der Waals surface area contributed by atoms with Crippen LogP contribution in [0.2, 0.25) is 0 Å². The molecule has 0 aliphatic carbocycles. The Kier molecular flexibility index (Phi) is 3.86. The summed E-state index contributed by atoms with van der Waals surface area (Å²) in [4.78, 5) is 16.6. The van der Waals surface area contributed by atoms with Gasteiger partial charge in [-0.2, -0.15) is 0 Å². The van der Waals surface area contributed by atoms with Crippen molar-refractivity contribution in [3.63, 3.8) is 0 Å². The Bertz CT molecular complexity index is 470. The third-order valence-electron chi connectivity index (χ3n) is 3.61. The molecule has 7 heteroatoms. The second kappa shape index (κ2) is 5.26. The van der Waals surface area contributed by atoms with E-state index in [9.17, 15) is 15.2 Å². The molecule has 0 saturated carbocycles. The fraction of sp³-hybridized carbons (Fsp3) is 0.750. The van der Waals surface area contributed by atoms with Crippen LogP contribution in [0.4, 0.5) is 5.82 Å². The molecule has 2 rings (SSSR count). The molecule has 7 nitrogen and oxygen atoms in total. The summed E-state index contributed by atoms with van der Waals surface area (Å²) in [5.74, 6) is 0.678. The fourth-order valence-electron chi connectivity index (χ4n) is 2.63. The van der Waals surface area contributed by atoms with Gasteiger partial charge in [0, 0.05) is 20.0 Å². The summed E-state index contributed by atoms with van der Waals surface area (Å²) >= 11 is 0. The first-order valence-corrected chi connectivity index (χ1v) is 6.50. The van der Waals surface area contributed by atoms with Crippen LogP contribution in [-0.2, 0) is 6.54 Å². The first kappa shape index (κ1) is 14.0. The molecule has 1 aromatic heterocycles. The highest BCUT2D eigenvalue weighted by atomic mass is 16.6. The van der Waals surface area contributed by atoms with E-state index in [2.05, 4.69) is 9.88 Å². The van der Waals surface area contributed by atoms with E-state index in [0.29, 0.717) is 25.5 Å². The molecule has 1 atom stereocenters. The summed E-state index contributed by atoms with van der Waals surface area (Å²) in [5, 5.41) is 20.9. The van der Waals surface area contributed by atoms with Gasteiger partial charge in [0.15, 0.2) is 5.82 Å². The Labute approximate surface area is 112 Å². The molecule has 2 heterocycles. The molecular formula is C12H20N4O3. The average molecular weight is 268 g/mol. The number of imidazole rings is 1. The lowest BCUT2D eigenvalue weighted by Crippen LogP contribution is -2.47. The lowest BCUT2D eigenvalue weighted by atomic mass is 9.95. The molecule has 0 amide bonds. The molecule has 19 heavy (non-hydrogen) atoms. The average Bonchev–Trinajstić information content (AvgIpc) is 2.67. The van der Waals surface area contributed by atoms with E-state index in [1.807, 2.05) is 6.92 Å². The molecule has 1 N–H and O–H groups in total. The summed E-state index contributed by atoms with van der Waals surface area (Å²) in [7, 11) is 0. The number of β-amino-alcohol motifs (C(OH)–C–C–N with tert-alkyl or cyclic N) is 1. The number of hydrogen-bond acceptors (Lipinski definition) is 5. The molecule has 1 fully saturated rings. The van der Waals surface area contributed by atoms with E-state index < -0.39 is 10.5 Å². The molecule has 0 aromatic carbocycles. The quantitative estimate of drug-likeness (QED) is 0.649. The zero-order valence-corrected chi connectivity index (χ0v) is 11.4. The van der Waals surface area contributed by atoms with Gasteiger partial charge >= 0.3 is 5.82 Å². The maximum Gasteiger partial charge on any atom is 0.342 e. The number of rotatable bonds is 4. The number of nitrogens with zero attached hydrogens (tertiary/aromatic N) is 4. The van der Waals surface area contributed by atoms with Crippen molar-refractivity contribution in [3.8, 4) is 0 Å². The molecule has 1 aliphatic heterocycles. The lowest BCUT2D eigenvalue weighted by molar-refractivity contribution is -0.392. The highest BCUT2D eigenvalue weighted by molar-refractivity contribution is 5.18. The molecule has 106 valence electrons. The van der Waals surface area contributed by atoms with E-state index in [1.165, 1.54) is 6.20 Å². The van der Waals surface area contributed by atoms with Gasteiger partial charge in [-0.3, -0.25) is 4.90 Å². The fourth-order valence-corrected chi connectivity index (χ4v) is 2.63. The zero-order valence-electron chi connectivity index (χ0n) is 11.4. The van der Waals surface area contributed by atoms with Crippen LogP contribution in [-0.4, -0.2) is 49.7 Å². The SMILES string of the molecule is Cc1ncc([N+](=O)[O-])n1CCN1CCCC(C)(O)C1. The number of aromatic nitrogens is 2. The highest BCUT2D eigenvalue weighted by Gasteiger charge is 2.28. The van der Waals surface area contributed by atoms with E-state index in [0.717, 1.165) is 19.4 Å². The minimum atomic E-state index is -0.645. The van der Waals surface area contributed by atoms with Gasteiger partial charge in [0.25, 0.3) is 0 Å². The third kappa shape index (κ3) is 3.30. The zero-order chi connectivity index (χ0) is 14.0. The maximum atomic E-state index is 10.9. The van der Waals surface area contributed by atoms with Crippen LogP contribution in [0.25, 0.3) is 0 Å². The van der Waals surface area contributed by atoms with Crippen molar-refractivity contribution in [2.45, 2.75) is 38.8 Å². The summed E-state index contributed by atoms with van der Waals surface area (Å²) in [5.41, 5.74) is -0.645. The van der Waals surface area contributed by atoms with Gasteiger partial charge in [-0.1, -0.05) is 0 Å². The van der Waals surface area contributed by atoms with Crippen molar-refractivity contribution in [2.24, 2.45) is 0 Å². The van der Waals surface area contributed by atoms with Crippen molar-refractivity contribution in [1.29, 1.82) is 0 Å². The van der Waals surface area contributed by atoms with Crippen molar-refractivity contribution in [3.05, 3.63) is 22.1 Å². The standard InChI is InChI=1S/C12H20N4O3/c1-10-13-8-11(16(18)19)15(10)7-6-14-5-3-4-12(2,17)9-14/h8,17H,3-7,9H2,1-2H3. The second-order valence-electron chi connectivity index (χ2n) is 5.45. The van der Waals surface area contributed by atoms with Crippen LogP contribution >= 0.6 is 0 Å². The largest absolute Gasteiger partial charge is 0.389 e. The van der Waals surface area contributed by atoms with Crippen LogP contribution in [0.5, 0.6) is 0 Å². The Hall–Kier alpha value is -1.47. The molecule has 1 unspecified atom stereocenters. The molecule has 0 spiro atoms. The molecular weight excluding hydrogens is 248 g/mol. The van der Waals surface area contributed by atoms with Gasteiger partial charge in [0.1, 0.15) is 12.7 Å². The molecule has 1 aliphatic rings. The number of nitro groups is 1. The van der Waals surface area contributed by atoms with Gasteiger partial charge in [-0.25, -0.2) is 9.55 Å². The first-order valence-electron chi connectivity index (χ1n) is 6.50. The first-order chi connectivity index (χ1) is 8.89. The van der Waals surface area contributed by atoms with Crippen molar-refractivity contribution in [1.82, 2.24) is 14.5 Å². The number of piperidine rings is 1. The van der Waals surface area contributed by atoms with Gasteiger partial charge < -0.3 is 15.2 Å². The third-order valence-corrected chi connectivity index (χ3v) is 3.61. The summed E-state index contributed by atoms with van der Waals surface area (Å²) in [6, 6.07) is 0. The maximum absolute atomic E-state index is 10.9. The van der Waals surface area contributed by atoms with E-state index >= 15 is 0 Å². The molecule has 1 saturated heterocycles. The predicted molar refractivity (Wildman–Crippen MR) is 69.9 cm³/mol. The minimum Gasteiger partial charge on any atom is -0.389 e. The van der Waals surface area contributed by atoms with Crippen LogP contribution in [0, 0.1) is 17.0 Å². The Morgan fingerprint density at radius 1 is 1.58 bits per heavy atom. The van der Waals surface area contributed by atoms with Gasteiger partial charge in [0.05, 0.1) is 5.60 Å². The van der Waals surface area contributed by atoms with Crippen LogP contribution in [0.1, 0.15) is 25.6 Å².